The first-order valence-electron chi connectivity index (χ1n) is 5.92. The first kappa shape index (κ1) is 12.4. The fourth-order valence-corrected chi connectivity index (χ4v) is 1.78. The molecule has 0 saturated heterocycles. The van der Waals surface area contributed by atoms with Crippen molar-refractivity contribution in [1.29, 1.82) is 0 Å². The molecule has 0 spiro atoms. The Morgan fingerprint density at radius 3 is 2.50 bits per heavy atom. The molecule has 2 atom stereocenters. The van der Waals surface area contributed by atoms with Crippen molar-refractivity contribution in [3.05, 3.63) is 42.7 Å². The molecule has 0 saturated carbocycles. The molecule has 0 aliphatic carbocycles. The van der Waals surface area contributed by atoms with E-state index in [1.807, 2.05) is 43.5 Å². The summed E-state index contributed by atoms with van der Waals surface area (Å²) in [6, 6.07) is 9.74. The lowest BCUT2D eigenvalue weighted by Crippen LogP contribution is -2.21. The largest absolute Gasteiger partial charge is 0.481 e. The van der Waals surface area contributed by atoms with Gasteiger partial charge in [0.15, 0.2) is 0 Å². The summed E-state index contributed by atoms with van der Waals surface area (Å²) in [5, 5.41) is 13.2. The number of aromatic nitrogens is 2. The molecule has 2 rings (SSSR count). The lowest BCUT2D eigenvalue weighted by Gasteiger charge is -2.16. The van der Waals surface area contributed by atoms with E-state index in [1.165, 1.54) is 0 Å². The number of carboxylic acids is 1. The molecule has 2 aromatic rings. The zero-order valence-corrected chi connectivity index (χ0v) is 10.4. The molecule has 2 unspecified atom stereocenters. The average Bonchev–Trinajstić information content (AvgIpc) is 2.87. The molecular weight excluding hydrogens is 228 g/mol. The van der Waals surface area contributed by atoms with E-state index in [4.69, 9.17) is 5.11 Å². The van der Waals surface area contributed by atoms with Gasteiger partial charge in [0.05, 0.1) is 18.2 Å². The van der Waals surface area contributed by atoms with Crippen molar-refractivity contribution in [2.75, 3.05) is 0 Å². The highest BCUT2D eigenvalue weighted by Crippen LogP contribution is 2.22. The van der Waals surface area contributed by atoms with Crippen LogP contribution < -0.4 is 0 Å². The van der Waals surface area contributed by atoms with E-state index in [1.54, 1.807) is 17.8 Å². The van der Waals surface area contributed by atoms with Crippen molar-refractivity contribution in [3.8, 4) is 11.1 Å². The second kappa shape index (κ2) is 5.04. The average molecular weight is 244 g/mol. The van der Waals surface area contributed by atoms with Crippen LogP contribution in [-0.4, -0.2) is 20.9 Å². The Labute approximate surface area is 106 Å². The van der Waals surface area contributed by atoms with E-state index in [0.29, 0.717) is 0 Å². The third-order valence-corrected chi connectivity index (χ3v) is 3.24. The van der Waals surface area contributed by atoms with Gasteiger partial charge >= 0.3 is 5.97 Å². The standard InChI is InChI=1S/C14H16N2O2/c1-10(14(17)18)11(2)16-9-13(8-15-16)12-6-4-3-5-7-12/h3-11H,1-2H3,(H,17,18). The highest BCUT2D eigenvalue weighted by atomic mass is 16.4. The number of nitrogens with zero attached hydrogens (tertiary/aromatic N) is 2. The molecule has 1 N–H and O–H groups in total. The number of rotatable bonds is 4. The van der Waals surface area contributed by atoms with Gasteiger partial charge in [-0.2, -0.15) is 5.10 Å². The van der Waals surface area contributed by atoms with Crippen molar-refractivity contribution >= 4 is 5.97 Å². The summed E-state index contributed by atoms with van der Waals surface area (Å²) in [7, 11) is 0. The third-order valence-electron chi connectivity index (χ3n) is 3.24. The molecule has 0 radical (unpaired) electrons. The highest BCUT2D eigenvalue weighted by molar-refractivity contribution is 5.70. The van der Waals surface area contributed by atoms with Gasteiger partial charge in [-0.1, -0.05) is 30.3 Å². The second-order valence-corrected chi connectivity index (χ2v) is 4.44. The first-order valence-corrected chi connectivity index (χ1v) is 5.92. The first-order chi connectivity index (χ1) is 8.59. The van der Waals surface area contributed by atoms with Crippen LogP contribution in [-0.2, 0) is 4.79 Å². The Morgan fingerprint density at radius 1 is 1.22 bits per heavy atom. The Bertz CT molecular complexity index is 534. The number of hydrogen-bond donors (Lipinski definition) is 1. The zero-order valence-electron chi connectivity index (χ0n) is 10.4. The van der Waals surface area contributed by atoms with Crippen LogP contribution in [0.2, 0.25) is 0 Å². The minimum atomic E-state index is -0.806. The normalized spacial score (nSPS) is 14.1. The monoisotopic (exact) mass is 244 g/mol. The van der Waals surface area contributed by atoms with Crippen molar-refractivity contribution in [1.82, 2.24) is 9.78 Å². The predicted octanol–water partition coefficient (Wildman–Crippen LogP) is 2.83. The van der Waals surface area contributed by atoms with Crippen LogP contribution in [0, 0.1) is 5.92 Å². The molecule has 1 heterocycles. The Balaban J connectivity index is 2.23. The van der Waals surface area contributed by atoms with Gasteiger partial charge in [0.2, 0.25) is 0 Å². The zero-order chi connectivity index (χ0) is 13.1. The maximum absolute atomic E-state index is 10.9. The van der Waals surface area contributed by atoms with E-state index in [2.05, 4.69) is 5.10 Å². The predicted molar refractivity (Wildman–Crippen MR) is 69.2 cm³/mol. The smallest absolute Gasteiger partial charge is 0.308 e. The summed E-state index contributed by atoms with van der Waals surface area (Å²) in [6.07, 6.45) is 3.65. The van der Waals surface area contributed by atoms with E-state index in [-0.39, 0.29) is 6.04 Å². The van der Waals surface area contributed by atoms with Gasteiger partial charge in [-0.3, -0.25) is 9.48 Å². The molecule has 1 aromatic carbocycles. The summed E-state index contributed by atoms with van der Waals surface area (Å²) >= 11 is 0. The summed E-state index contributed by atoms with van der Waals surface area (Å²) in [4.78, 5) is 10.9. The van der Waals surface area contributed by atoms with Crippen LogP contribution in [0.25, 0.3) is 11.1 Å². The fourth-order valence-electron chi connectivity index (χ4n) is 1.78. The molecule has 4 heteroatoms. The molecule has 94 valence electrons. The third kappa shape index (κ3) is 2.42. The molecule has 0 aliphatic rings. The molecule has 0 fully saturated rings. The Kier molecular flexibility index (Phi) is 3.46. The Hall–Kier alpha value is -2.10. The van der Waals surface area contributed by atoms with Crippen molar-refractivity contribution < 1.29 is 9.90 Å². The fraction of sp³-hybridized carbons (Fsp3) is 0.286. The molecular formula is C14H16N2O2. The number of aliphatic carboxylic acids is 1. The second-order valence-electron chi connectivity index (χ2n) is 4.44. The summed E-state index contributed by atoms with van der Waals surface area (Å²) in [5.41, 5.74) is 2.08. The summed E-state index contributed by atoms with van der Waals surface area (Å²) in [6.45, 7) is 3.55. The van der Waals surface area contributed by atoms with Gasteiger partial charge in [-0.15, -0.1) is 0 Å². The van der Waals surface area contributed by atoms with Crippen LogP contribution in [0.3, 0.4) is 0 Å². The van der Waals surface area contributed by atoms with Crippen molar-refractivity contribution in [3.63, 3.8) is 0 Å². The van der Waals surface area contributed by atoms with Gasteiger partial charge < -0.3 is 5.11 Å². The lowest BCUT2D eigenvalue weighted by atomic mass is 10.0. The maximum atomic E-state index is 10.9. The van der Waals surface area contributed by atoms with Crippen LogP contribution in [0.1, 0.15) is 19.9 Å². The molecule has 0 amide bonds. The van der Waals surface area contributed by atoms with E-state index >= 15 is 0 Å². The van der Waals surface area contributed by atoms with Crippen LogP contribution in [0.5, 0.6) is 0 Å². The highest BCUT2D eigenvalue weighted by Gasteiger charge is 2.21. The van der Waals surface area contributed by atoms with Crippen molar-refractivity contribution in [2.45, 2.75) is 19.9 Å². The van der Waals surface area contributed by atoms with E-state index in [9.17, 15) is 4.79 Å². The van der Waals surface area contributed by atoms with Crippen LogP contribution in [0.15, 0.2) is 42.7 Å². The summed E-state index contributed by atoms with van der Waals surface area (Å²) in [5.74, 6) is -1.27. The van der Waals surface area contributed by atoms with Gasteiger partial charge in [0, 0.05) is 11.8 Å². The number of benzene rings is 1. The quantitative estimate of drug-likeness (QED) is 0.899. The van der Waals surface area contributed by atoms with Gasteiger partial charge in [0.1, 0.15) is 0 Å². The molecule has 1 aromatic heterocycles. The number of carboxylic acid groups (broad SMARTS) is 1. The SMILES string of the molecule is CC(C(=O)O)C(C)n1cc(-c2ccccc2)cn1. The molecule has 18 heavy (non-hydrogen) atoms. The lowest BCUT2D eigenvalue weighted by molar-refractivity contribution is -0.142. The maximum Gasteiger partial charge on any atom is 0.308 e. The number of hydrogen-bond acceptors (Lipinski definition) is 2. The van der Waals surface area contributed by atoms with Crippen molar-refractivity contribution in [2.24, 2.45) is 5.92 Å². The van der Waals surface area contributed by atoms with Crippen LogP contribution >= 0.6 is 0 Å². The topological polar surface area (TPSA) is 55.1 Å². The minimum Gasteiger partial charge on any atom is -0.481 e. The molecule has 0 aliphatic heterocycles. The van der Waals surface area contributed by atoms with Gasteiger partial charge in [-0.05, 0) is 19.4 Å². The van der Waals surface area contributed by atoms with Gasteiger partial charge in [0.25, 0.3) is 0 Å². The van der Waals surface area contributed by atoms with E-state index in [0.717, 1.165) is 11.1 Å². The minimum absolute atomic E-state index is 0.167. The number of carbonyl (C=O) groups is 1. The molecule has 0 bridgehead atoms. The molecule has 4 nitrogen and oxygen atoms in total. The summed E-state index contributed by atoms with van der Waals surface area (Å²) < 4.78 is 1.71. The van der Waals surface area contributed by atoms with Gasteiger partial charge in [-0.25, -0.2) is 0 Å². The Morgan fingerprint density at radius 2 is 1.89 bits per heavy atom. The van der Waals surface area contributed by atoms with Crippen LogP contribution in [0.4, 0.5) is 0 Å². The van der Waals surface area contributed by atoms with E-state index < -0.39 is 11.9 Å².